The summed E-state index contributed by atoms with van der Waals surface area (Å²) >= 11 is 0. The topological polar surface area (TPSA) is 55.4 Å². The van der Waals surface area contributed by atoms with Crippen LogP contribution in [-0.4, -0.2) is 27.2 Å². The van der Waals surface area contributed by atoms with E-state index in [9.17, 15) is 17.8 Å². The van der Waals surface area contributed by atoms with Crippen LogP contribution in [0.25, 0.3) is 0 Å². The van der Waals surface area contributed by atoms with Gasteiger partial charge in [-0.05, 0) is 43.0 Å². The Hall–Kier alpha value is -2.28. The Morgan fingerprint density at radius 3 is 2.31 bits per heavy atom. The second kappa shape index (κ2) is 7.95. The lowest BCUT2D eigenvalue weighted by atomic mass is 10.1. The van der Waals surface area contributed by atoms with Gasteiger partial charge in [-0.2, -0.15) is 8.78 Å². The number of hydrogen-bond acceptors (Lipinski definition) is 3. The number of para-hydroxylation sites is 2. The van der Waals surface area contributed by atoms with Gasteiger partial charge in [0.1, 0.15) is 11.0 Å². The zero-order valence-electron chi connectivity index (χ0n) is 14.2. The third-order valence-corrected chi connectivity index (χ3v) is 6.32. The maximum atomic E-state index is 12.8. The summed E-state index contributed by atoms with van der Waals surface area (Å²) in [5.41, 5.74) is 2.46. The van der Waals surface area contributed by atoms with Gasteiger partial charge in [0.25, 0.3) is 0 Å². The first-order chi connectivity index (χ1) is 12.5. The molecule has 138 valence electrons. The molecule has 2 atom stereocenters. The summed E-state index contributed by atoms with van der Waals surface area (Å²) in [4.78, 5) is 12.5. The van der Waals surface area contributed by atoms with Crippen molar-refractivity contribution in [3.63, 3.8) is 0 Å². The molecule has 0 radical (unpaired) electrons. The predicted molar refractivity (Wildman–Crippen MR) is 96.9 cm³/mol. The average molecular weight is 379 g/mol. The van der Waals surface area contributed by atoms with Crippen LogP contribution in [0, 0.1) is 0 Å². The van der Waals surface area contributed by atoms with Gasteiger partial charge in [0, 0.05) is 16.0 Å². The van der Waals surface area contributed by atoms with E-state index in [-0.39, 0.29) is 16.7 Å². The molecular formula is C19H19F2NO3S. The SMILES string of the molecule is CC(C(=O)Nc1ccccc1OC(F)F)S(=O)C1Cc2ccccc2C1. The standard InChI is InChI=1S/C19H19F2NO3S/c1-12(26(24)15-10-13-6-2-3-7-14(13)11-15)18(23)22-16-8-4-5-9-17(16)25-19(20)21/h2-9,12,15,19H,10-11H2,1H3,(H,22,23). The summed E-state index contributed by atoms with van der Waals surface area (Å²) in [5.74, 6) is -0.605. The van der Waals surface area contributed by atoms with Crippen molar-refractivity contribution in [1.82, 2.24) is 0 Å². The highest BCUT2D eigenvalue weighted by molar-refractivity contribution is 7.87. The third kappa shape index (κ3) is 4.09. The highest BCUT2D eigenvalue weighted by atomic mass is 32.2. The van der Waals surface area contributed by atoms with E-state index in [0.717, 1.165) is 11.1 Å². The number of carbonyl (C=O) groups excluding carboxylic acids is 1. The molecule has 7 heteroatoms. The van der Waals surface area contributed by atoms with Crippen LogP contribution in [0.3, 0.4) is 0 Å². The van der Waals surface area contributed by atoms with Crippen LogP contribution >= 0.6 is 0 Å². The number of hydrogen-bond donors (Lipinski definition) is 1. The van der Waals surface area contributed by atoms with E-state index in [2.05, 4.69) is 10.1 Å². The molecule has 2 aromatic carbocycles. The van der Waals surface area contributed by atoms with Crippen molar-refractivity contribution in [3.8, 4) is 5.75 Å². The second-order valence-electron chi connectivity index (χ2n) is 6.13. The van der Waals surface area contributed by atoms with Gasteiger partial charge in [0.15, 0.2) is 0 Å². The fourth-order valence-electron chi connectivity index (χ4n) is 3.08. The number of alkyl halides is 2. The molecule has 2 aromatic rings. The molecule has 0 aromatic heterocycles. The normalized spacial score (nSPS) is 16.2. The molecule has 0 fully saturated rings. The number of amides is 1. The smallest absolute Gasteiger partial charge is 0.387 e. The lowest BCUT2D eigenvalue weighted by Crippen LogP contribution is -2.34. The van der Waals surface area contributed by atoms with Gasteiger partial charge in [0.2, 0.25) is 5.91 Å². The Kier molecular flexibility index (Phi) is 5.66. The highest BCUT2D eigenvalue weighted by Crippen LogP contribution is 2.28. The van der Waals surface area contributed by atoms with Crippen LogP contribution in [0.15, 0.2) is 48.5 Å². The number of nitrogens with one attached hydrogen (secondary N) is 1. The van der Waals surface area contributed by atoms with Crippen molar-refractivity contribution in [2.45, 2.75) is 36.9 Å². The summed E-state index contributed by atoms with van der Waals surface area (Å²) in [6, 6.07) is 13.9. The van der Waals surface area contributed by atoms with Crippen molar-refractivity contribution >= 4 is 22.4 Å². The van der Waals surface area contributed by atoms with Crippen LogP contribution in [0.4, 0.5) is 14.5 Å². The molecule has 0 saturated carbocycles. The molecule has 1 N–H and O–H groups in total. The summed E-state index contributed by atoms with van der Waals surface area (Å²) in [6.07, 6.45) is 1.34. The van der Waals surface area contributed by atoms with Crippen molar-refractivity contribution in [2.24, 2.45) is 0 Å². The molecule has 0 aliphatic heterocycles. The van der Waals surface area contributed by atoms with Gasteiger partial charge < -0.3 is 10.1 Å². The largest absolute Gasteiger partial charge is 0.433 e. The fourth-order valence-corrected chi connectivity index (χ4v) is 4.61. The fraction of sp³-hybridized carbons (Fsp3) is 0.316. The predicted octanol–water partition coefficient (Wildman–Crippen LogP) is 3.53. The van der Waals surface area contributed by atoms with E-state index in [1.54, 1.807) is 13.0 Å². The molecule has 4 nitrogen and oxygen atoms in total. The van der Waals surface area contributed by atoms with Gasteiger partial charge in [0.05, 0.1) is 5.69 Å². The Morgan fingerprint density at radius 2 is 1.69 bits per heavy atom. The first kappa shape index (κ1) is 18.5. The number of ether oxygens (including phenoxy) is 1. The van der Waals surface area contributed by atoms with Crippen molar-refractivity contribution in [2.75, 3.05) is 5.32 Å². The molecule has 26 heavy (non-hydrogen) atoms. The van der Waals surface area contributed by atoms with Gasteiger partial charge in [-0.25, -0.2) is 0 Å². The van der Waals surface area contributed by atoms with E-state index in [1.807, 2.05) is 24.3 Å². The molecule has 2 unspecified atom stereocenters. The Labute approximate surface area is 153 Å². The number of fused-ring (bicyclic) bond motifs is 1. The molecule has 1 amide bonds. The maximum absolute atomic E-state index is 12.8. The summed E-state index contributed by atoms with van der Waals surface area (Å²) in [7, 11) is -1.39. The van der Waals surface area contributed by atoms with Crippen LogP contribution < -0.4 is 10.1 Å². The van der Waals surface area contributed by atoms with Crippen LogP contribution in [-0.2, 0) is 28.4 Å². The first-order valence-corrected chi connectivity index (χ1v) is 9.54. The monoisotopic (exact) mass is 379 g/mol. The van der Waals surface area contributed by atoms with Gasteiger partial charge >= 0.3 is 6.61 Å². The first-order valence-electron chi connectivity index (χ1n) is 8.26. The molecular weight excluding hydrogens is 360 g/mol. The van der Waals surface area contributed by atoms with Crippen LogP contribution in [0.1, 0.15) is 18.1 Å². The molecule has 0 spiro atoms. The summed E-state index contributed by atoms with van der Waals surface area (Å²) in [5, 5.41) is 1.66. The van der Waals surface area contributed by atoms with E-state index < -0.39 is 28.6 Å². The Morgan fingerprint density at radius 1 is 1.12 bits per heavy atom. The van der Waals surface area contributed by atoms with Crippen molar-refractivity contribution in [3.05, 3.63) is 59.7 Å². The lowest BCUT2D eigenvalue weighted by molar-refractivity contribution is -0.115. The van der Waals surface area contributed by atoms with Crippen LogP contribution in [0.5, 0.6) is 5.75 Å². The summed E-state index contributed by atoms with van der Waals surface area (Å²) < 4.78 is 42.2. The molecule has 1 aliphatic carbocycles. The van der Waals surface area contributed by atoms with Crippen molar-refractivity contribution in [1.29, 1.82) is 0 Å². The van der Waals surface area contributed by atoms with E-state index >= 15 is 0 Å². The minimum absolute atomic E-state index is 0.123. The second-order valence-corrected chi connectivity index (χ2v) is 8.16. The van der Waals surface area contributed by atoms with Gasteiger partial charge in [-0.3, -0.25) is 9.00 Å². The number of anilines is 1. The average Bonchev–Trinajstić information content (AvgIpc) is 3.05. The van der Waals surface area contributed by atoms with Gasteiger partial charge in [-0.1, -0.05) is 36.4 Å². The van der Waals surface area contributed by atoms with Gasteiger partial charge in [-0.15, -0.1) is 0 Å². The molecule has 0 heterocycles. The molecule has 3 rings (SSSR count). The Balaban J connectivity index is 1.66. The number of rotatable bonds is 6. The highest BCUT2D eigenvalue weighted by Gasteiger charge is 2.32. The summed E-state index contributed by atoms with van der Waals surface area (Å²) in [6.45, 7) is -1.40. The molecule has 1 aliphatic rings. The maximum Gasteiger partial charge on any atom is 0.387 e. The van der Waals surface area contributed by atoms with E-state index in [4.69, 9.17) is 0 Å². The number of halogens is 2. The molecule has 0 bridgehead atoms. The number of carbonyl (C=O) groups is 1. The quantitative estimate of drug-likeness (QED) is 0.835. The molecule has 0 saturated heterocycles. The van der Waals surface area contributed by atoms with E-state index in [1.165, 1.54) is 18.2 Å². The zero-order valence-corrected chi connectivity index (χ0v) is 15.0. The number of benzene rings is 2. The van der Waals surface area contributed by atoms with E-state index in [0.29, 0.717) is 12.8 Å². The van der Waals surface area contributed by atoms with Crippen molar-refractivity contribution < 1.29 is 22.5 Å². The minimum atomic E-state index is -2.99. The third-order valence-electron chi connectivity index (χ3n) is 4.42. The van der Waals surface area contributed by atoms with Crippen LogP contribution in [0.2, 0.25) is 0 Å². The zero-order chi connectivity index (χ0) is 18.7. The minimum Gasteiger partial charge on any atom is -0.433 e. The Bertz CT molecular complexity index is 803. The lowest BCUT2D eigenvalue weighted by Gasteiger charge is -2.17.